The Balaban J connectivity index is 2.64. The average molecular weight is 263 g/mol. The normalized spacial score (nSPS) is 11.9. The number of hydrogen-bond donors (Lipinski definition) is 1. The number of rotatable bonds is 5. The summed E-state index contributed by atoms with van der Waals surface area (Å²) in [7, 11) is 3.81. The van der Waals surface area contributed by atoms with Crippen LogP contribution in [-0.4, -0.2) is 37.1 Å². The van der Waals surface area contributed by atoms with Gasteiger partial charge < -0.3 is 15.4 Å². The quantitative estimate of drug-likeness (QED) is 0.826. The number of anilines is 1. The first-order chi connectivity index (χ1) is 8.30. The van der Waals surface area contributed by atoms with E-state index < -0.39 is 11.9 Å². The van der Waals surface area contributed by atoms with Crippen LogP contribution >= 0.6 is 0 Å². The number of aromatic nitrogens is 1. The Bertz CT molecular complexity index is 394. The zero-order chi connectivity index (χ0) is 13.8. The van der Waals surface area contributed by atoms with E-state index >= 15 is 0 Å². The van der Waals surface area contributed by atoms with Gasteiger partial charge in [-0.2, -0.15) is 13.2 Å². The molecule has 0 spiro atoms. The number of ether oxygens (including phenoxy) is 1. The second-order valence-corrected chi connectivity index (χ2v) is 4.11. The molecular weight excluding hydrogens is 247 g/mol. The Morgan fingerprint density at radius 3 is 2.61 bits per heavy atom. The molecule has 4 nitrogen and oxygen atoms in total. The lowest BCUT2D eigenvalue weighted by atomic mass is 10.3. The van der Waals surface area contributed by atoms with Crippen molar-refractivity contribution in [2.45, 2.75) is 12.6 Å². The fourth-order valence-electron chi connectivity index (χ4n) is 1.29. The van der Waals surface area contributed by atoms with Gasteiger partial charge in [0.25, 0.3) is 0 Å². The smallest absolute Gasteiger partial charge is 0.433 e. The Morgan fingerprint density at radius 2 is 2.06 bits per heavy atom. The van der Waals surface area contributed by atoms with Gasteiger partial charge in [-0.15, -0.1) is 0 Å². The molecule has 0 radical (unpaired) electrons. The summed E-state index contributed by atoms with van der Waals surface area (Å²) in [6, 6.07) is 0.824. The zero-order valence-electron chi connectivity index (χ0n) is 10.3. The van der Waals surface area contributed by atoms with Gasteiger partial charge in [-0.3, -0.25) is 0 Å². The third-order valence-electron chi connectivity index (χ3n) is 2.19. The number of nitrogens with two attached hydrogens (primary N) is 1. The molecule has 1 aromatic heterocycles. The lowest BCUT2D eigenvalue weighted by molar-refractivity contribution is -0.141. The van der Waals surface area contributed by atoms with Gasteiger partial charge >= 0.3 is 6.18 Å². The van der Waals surface area contributed by atoms with Crippen molar-refractivity contribution in [1.29, 1.82) is 0 Å². The van der Waals surface area contributed by atoms with E-state index in [4.69, 9.17) is 10.5 Å². The van der Waals surface area contributed by atoms with Gasteiger partial charge in [-0.1, -0.05) is 0 Å². The van der Waals surface area contributed by atoms with Crippen LogP contribution in [0.4, 0.5) is 18.9 Å². The third kappa shape index (κ3) is 4.40. The molecular formula is C11H16F3N3O. The lowest BCUT2D eigenvalue weighted by Gasteiger charge is -2.13. The Morgan fingerprint density at radius 1 is 1.39 bits per heavy atom. The van der Waals surface area contributed by atoms with Crippen LogP contribution in [0, 0.1) is 0 Å². The van der Waals surface area contributed by atoms with Gasteiger partial charge in [0.2, 0.25) is 0 Å². The van der Waals surface area contributed by atoms with E-state index in [2.05, 4.69) is 4.98 Å². The van der Waals surface area contributed by atoms with Crippen LogP contribution in [0.1, 0.15) is 12.1 Å². The molecule has 0 aliphatic heterocycles. The van der Waals surface area contributed by atoms with Gasteiger partial charge in [0.05, 0.1) is 18.5 Å². The molecule has 0 saturated heterocycles. The SMILES string of the molecule is CN(C)CCCOc1cc(C(F)(F)F)ncc1N. The molecule has 0 aliphatic rings. The highest BCUT2D eigenvalue weighted by Crippen LogP contribution is 2.32. The van der Waals surface area contributed by atoms with Crippen molar-refractivity contribution < 1.29 is 17.9 Å². The van der Waals surface area contributed by atoms with E-state index in [1.165, 1.54) is 0 Å². The number of pyridine rings is 1. The standard InChI is InChI=1S/C11H16F3N3O/c1-17(2)4-3-5-18-9-6-10(11(12,13)14)16-7-8(9)15/h6-7H,3-5,15H2,1-2H3. The Labute approximate surface area is 104 Å². The van der Waals surface area contributed by atoms with Gasteiger partial charge in [0, 0.05) is 12.6 Å². The molecule has 0 amide bonds. The van der Waals surface area contributed by atoms with Crippen LogP contribution in [0.2, 0.25) is 0 Å². The highest BCUT2D eigenvalue weighted by Gasteiger charge is 2.33. The number of alkyl halides is 3. The van der Waals surface area contributed by atoms with Crippen LogP contribution in [0.15, 0.2) is 12.3 Å². The molecule has 0 saturated carbocycles. The maximum absolute atomic E-state index is 12.4. The topological polar surface area (TPSA) is 51.4 Å². The average Bonchev–Trinajstić information content (AvgIpc) is 2.24. The van der Waals surface area contributed by atoms with Crippen LogP contribution in [0.25, 0.3) is 0 Å². The van der Waals surface area contributed by atoms with Crippen LogP contribution < -0.4 is 10.5 Å². The first-order valence-corrected chi connectivity index (χ1v) is 5.41. The molecule has 0 atom stereocenters. The summed E-state index contributed by atoms with van der Waals surface area (Å²) in [5.74, 6) is 0.0241. The molecule has 0 bridgehead atoms. The first-order valence-electron chi connectivity index (χ1n) is 5.41. The second kappa shape index (κ2) is 5.90. The van der Waals surface area contributed by atoms with Crippen molar-refractivity contribution in [3.8, 4) is 5.75 Å². The molecule has 0 aliphatic carbocycles. The van der Waals surface area contributed by atoms with Gasteiger partial charge in [-0.25, -0.2) is 4.98 Å². The highest BCUT2D eigenvalue weighted by molar-refractivity contribution is 5.51. The van der Waals surface area contributed by atoms with E-state index in [0.717, 1.165) is 18.8 Å². The minimum absolute atomic E-state index is 0.0241. The predicted molar refractivity (Wildman–Crippen MR) is 62.3 cm³/mol. The molecule has 18 heavy (non-hydrogen) atoms. The van der Waals surface area contributed by atoms with Crippen LogP contribution in [-0.2, 0) is 6.18 Å². The molecule has 0 unspecified atom stereocenters. The molecule has 102 valence electrons. The molecule has 0 aromatic carbocycles. The van der Waals surface area contributed by atoms with Crippen molar-refractivity contribution >= 4 is 5.69 Å². The summed E-state index contributed by atoms with van der Waals surface area (Å²) in [5, 5.41) is 0. The predicted octanol–water partition coefficient (Wildman–Crippen LogP) is 2.01. The molecule has 2 N–H and O–H groups in total. The molecule has 1 heterocycles. The van der Waals surface area contributed by atoms with E-state index in [-0.39, 0.29) is 11.4 Å². The molecule has 1 rings (SSSR count). The maximum atomic E-state index is 12.4. The molecule has 7 heteroatoms. The van der Waals surface area contributed by atoms with Crippen molar-refractivity contribution in [1.82, 2.24) is 9.88 Å². The second-order valence-electron chi connectivity index (χ2n) is 4.11. The first kappa shape index (κ1) is 14.6. The van der Waals surface area contributed by atoms with Crippen molar-refractivity contribution in [3.05, 3.63) is 18.0 Å². The summed E-state index contributed by atoms with van der Waals surface area (Å²) in [6.07, 6.45) is -2.82. The van der Waals surface area contributed by atoms with E-state index in [0.29, 0.717) is 13.0 Å². The van der Waals surface area contributed by atoms with E-state index in [1.807, 2.05) is 19.0 Å². The van der Waals surface area contributed by atoms with E-state index in [9.17, 15) is 13.2 Å². The van der Waals surface area contributed by atoms with Gasteiger partial charge in [0.15, 0.2) is 0 Å². The number of nitrogen functional groups attached to an aromatic ring is 1. The minimum atomic E-state index is -4.49. The monoisotopic (exact) mass is 263 g/mol. The van der Waals surface area contributed by atoms with Gasteiger partial charge in [0.1, 0.15) is 11.4 Å². The largest absolute Gasteiger partial charge is 0.491 e. The van der Waals surface area contributed by atoms with Crippen molar-refractivity contribution in [2.75, 3.05) is 33.0 Å². The minimum Gasteiger partial charge on any atom is -0.491 e. The Kier molecular flexibility index (Phi) is 4.77. The summed E-state index contributed by atoms with van der Waals surface area (Å²) < 4.78 is 42.5. The van der Waals surface area contributed by atoms with E-state index in [1.54, 1.807) is 0 Å². The molecule has 1 aromatic rings. The number of hydrogen-bond acceptors (Lipinski definition) is 4. The van der Waals surface area contributed by atoms with Crippen LogP contribution in [0.3, 0.4) is 0 Å². The summed E-state index contributed by atoms with van der Waals surface area (Å²) >= 11 is 0. The number of halogens is 3. The summed E-state index contributed by atoms with van der Waals surface area (Å²) in [5.41, 5.74) is 4.61. The fourth-order valence-corrected chi connectivity index (χ4v) is 1.29. The number of nitrogens with zero attached hydrogens (tertiary/aromatic N) is 2. The van der Waals surface area contributed by atoms with Crippen molar-refractivity contribution in [2.24, 2.45) is 0 Å². The summed E-state index contributed by atoms with van der Waals surface area (Å²) in [6.45, 7) is 1.10. The highest BCUT2D eigenvalue weighted by atomic mass is 19.4. The van der Waals surface area contributed by atoms with Gasteiger partial charge in [-0.05, 0) is 20.5 Å². The van der Waals surface area contributed by atoms with Crippen LogP contribution in [0.5, 0.6) is 5.75 Å². The Hall–Kier alpha value is -1.50. The summed E-state index contributed by atoms with van der Waals surface area (Å²) in [4.78, 5) is 5.19. The lowest BCUT2D eigenvalue weighted by Crippen LogP contribution is -2.16. The van der Waals surface area contributed by atoms with Crippen molar-refractivity contribution in [3.63, 3.8) is 0 Å². The third-order valence-corrected chi connectivity index (χ3v) is 2.19. The fraction of sp³-hybridized carbons (Fsp3) is 0.545. The zero-order valence-corrected chi connectivity index (χ0v) is 10.3. The maximum Gasteiger partial charge on any atom is 0.433 e. The molecule has 0 fully saturated rings.